The Hall–Kier alpha value is -3.72. The van der Waals surface area contributed by atoms with Gasteiger partial charge in [-0.1, -0.05) is 23.2 Å². The van der Waals surface area contributed by atoms with E-state index in [-0.39, 0.29) is 57.7 Å². The van der Waals surface area contributed by atoms with Crippen molar-refractivity contribution in [1.29, 1.82) is 0 Å². The Bertz CT molecular complexity index is 1490. The zero-order chi connectivity index (χ0) is 28.3. The van der Waals surface area contributed by atoms with Crippen molar-refractivity contribution in [2.75, 3.05) is 37.0 Å². The van der Waals surface area contributed by atoms with Gasteiger partial charge in [0.2, 0.25) is 0 Å². The lowest BCUT2D eigenvalue weighted by Crippen LogP contribution is -2.46. The lowest BCUT2D eigenvalue weighted by Gasteiger charge is -2.28. The summed E-state index contributed by atoms with van der Waals surface area (Å²) in [4.78, 5) is 34.9. The van der Waals surface area contributed by atoms with Crippen molar-refractivity contribution < 1.29 is 37.3 Å². The van der Waals surface area contributed by atoms with E-state index in [4.69, 9.17) is 32.7 Å². The maximum atomic E-state index is 14.3. The van der Waals surface area contributed by atoms with E-state index >= 15 is 0 Å². The van der Waals surface area contributed by atoms with E-state index in [2.05, 4.69) is 20.4 Å². The van der Waals surface area contributed by atoms with Crippen LogP contribution in [-0.4, -0.2) is 80.7 Å². The second-order valence-corrected chi connectivity index (χ2v) is 9.95. The number of halogens is 5. The summed E-state index contributed by atoms with van der Waals surface area (Å²) in [6.07, 6.45) is -4.88. The molecule has 5 heterocycles. The van der Waals surface area contributed by atoms with Crippen LogP contribution in [0.1, 0.15) is 19.0 Å². The minimum atomic E-state index is -4.75. The Balaban J connectivity index is 1.46. The topological polar surface area (TPSA) is 134 Å². The first-order valence-corrected chi connectivity index (χ1v) is 12.2. The third-order valence-electron chi connectivity index (χ3n) is 6.62. The maximum Gasteiger partial charge on any atom is 0.407 e. The second kappa shape index (κ2) is 9.48. The standard InChI is InChI=1S/C22H20Cl2F3N7O5/c1-21(22(25,26)27)9-33(12-7-28-15-6-13(24)31-34(15)17(12)21)19(35)30-14-5-11(23)16(38-2)18(29-14)39-10-3-4-32(8-10)20(36)37/h5-7,10H,3-4,8-9H2,1-2H3,(H,36,37)(H,29,30,35)/t10?,21-/m1/s1. The number of likely N-dealkylation sites (tertiary alicyclic amines) is 1. The molecule has 3 aromatic heterocycles. The molecule has 2 aliphatic rings. The summed E-state index contributed by atoms with van der Waals surface area (Å²) in [5.74, 6) is -0.206. The number of carbonyl (C=O) groups is 2. The Morgan fingerprint density at radius 1 is 1.28 bits per heavy atom. The number of methoxy groups -OCH3 is 1. The van der Waals surface area contributed by atoms with Gasteiger partial charge < -0.3 is 19.5 Å². The van der Waals surface area contributed by atoms with Crippen LogP contribution in [0.25, 0.3) is 5.65 Å². The van der Waals surface area contributed by atoms with Crippen LogP contribution in [0.4, 0.5) is 34.3 Å². The van der Waals surface area contributed by atoms with Crippen molar-refractivity contribution in [2.24, 2.45) is 0 Å². The van der Waals surface area contributed by atoms with Crippen molar-refractivity contribution in [3.63, 3.8) is 0 Å². The molecule has 39 heavy (non-hydrogen) atoms. The summed E-state index contributed by atoms with van der Waals surface area (Å²) in [7, 11) is 1.32. The quantitative estimate of drug-likeness (QED) is 0.456. The lowest BCUT2D eigenvalue weighted by molar-refractivity contribution is -0.181. The molecular weight excluding hydrogens is 570 g/mol. The number of hydrogen-bond donors (Lipinski definition) is 2. The lowest BCUT2D eigenvalue weighted by atomic mass is 9.88. The van der Waals surface area contributed by atoms with Gasteiger partial charge in [-0.25, -0.2) is 19.1 Å². The van der Waals surface area contributed by atoms with E-state index in [1.165, 1.54) is 24.1 Å². The first-order chi connectivity index (χ1) is 18.3. The highest BCUT2D eigenvalue weighted by molar-refractivity contribution is 6.32. The number of urea groups is 1. The highest BCUT2D eigenvalue weighted by atomic mass is 35.5. The number of aromatic nitrogens is 4. The number of hydrogen-bond acceptors (Lipinski definition) is 7. The molecule has 208 valence electrons. The van der Waals surface area contributed by atoms with E-state index < -0.39 is 36.4 Å². The van der Waals surface area contributed by atoms with Crippen molar-refractivity contribution in [3.8, 4) is 11.6 Å². The summed E-state index contributed by atoms with van der Waals surface area (Å²) in [5, 5.41) is 15.5. The summed E-state index contributed by atoms with van der Waals surface area (Å²) in [5.41, 5.74) is -2.81. The third-order valence-corrected chi connectivity index (χ3v) is 7.09. The third kappa shape index (κ3) is 4.58. The van der Waals surface area contributed by atoms with Gasteiger partial charge in [0.15, 0.2) is 16.5 Å². The summed E-state index contributed by atoms with van der Waals surface area (Å²) >= 11 is 12.2. The average molecular weight is 590 g/mol. The summed E-state index contributed by atoms with van der Waals surface area (Å²) in [6, 6.07) is 1.62. The molecule has 0 aromatic carbocycles. The van der Waals surface area contributed by atoms with Gasteiger partial charge in [-0.2, -0.15) is 23.3 Å². The van der Waals surface area contributed by atoms with E-state index in [0.29, 0.717) is 6.42 Å². The van der Waals surface area contributed by atoms with Crippen molar-refractivity contribution in [2.45, 2.75) is 31.0 Å². The van der Waals surface area contributed by atoms with Crippen LogP contribution in [0.5, 0.6) is 11.6 Å². The van der Waals surface area contributed by atoms with E-state index in [1.807, 2.05) is 0 Å². The van der Waals surface area contributed by atoms with Crippen molar-refractivity contribution >= 4 is 52.5 Å². The first kappa shape index (κ1) is 26.9. The molecule has 2 atom stereocenters. The van der Waals surface area contributed by atoms with Gasteiger partial charge in [0.1, 0.15) is 17.3 Å². The zero-order valence-electron chi connectivity index (χ0n) is 20.3. The molecule has 5 rings (SSSR count). The number of fused-ring (bicyclic) bond motifs is 3. The van der Waals surface area contributed by atoms with Crippen LogP contribution in [-0.2, 0) is 5.41 Å². The number of carbonyl (C=O) groups excluding carboxylic acids is 1. The van der Waals surface area contributed by atoms with Crippen molar-refractivity contribution in [1.82, 2.24) is 24.5 Å². The average Bonchev–Trinajstić information content (AvgIpc) is 3.54. The molecule has 0 saturated carbocycles. The fourth-order valence-corrected chi connectivity index (χ4v) is 5.07. The number of carboxylic acid groups (broad SMARTS) is 1. The fourth-order valence-electron chi connectivity index (χ4n) is 4.63. The van der Waals surface area contributed by atoms with Gasteiger partial charge in [-0.15, -0.1) is 0 Å². The number of anilines is 2. The number of nitrogens with one attached hydrogen (secondary N) is 1. The number of nitrogens with zero attached hydrogens (tertiary/aromatic N) is 6. The van der Waals surface area contributed by atoms with Crippen molar-refractivity contribution in [3.05, 3.63) is 34.2 Å². The molecular formula is C22H20Cl2F3N7O5. The van der Waals surface area contributed by atoms with Gasteiger partial charge in [0, 0.05) is 31.6 Å². The molecule has 0 spiro atoms. The molecule has 17 heteroatoms. The molecule has 12 nitrogen and oxygen atoms in total. The molecule has 0 bridgehead atoms. The summed E-state index contributed by atoms with van der Waals surface area (Å²) in [6.45, 7) is 0.524. The van der Waals surface area contributed by atoms with Crippen LogP contribution >= 0.6 is 23.2 Å². The van der Waals surface area contributed by atoms with E-state index in [9.17, 15) is 27.9 Å². The molecule has 1 unspecified atom stereocenters. The van der Waals surface area contributed by atoms with Gasteiger partial charge in [-0.05, 0) is 6.92 Å². The summed E-state index contributed by atoms with van der Waals surface area (Å²) < 4.78 is 55.0. The monoisotopic (exact) mass is 589 g/mol. The van der Waals surface area contributed by atoms with Crippen LogP contribution in [0, 0.1) is 0 Å². The van der Waals surface area contributed by atoms with Gasteiger partial charge in [0.05, 0.1) is 36.3 Å². The number of alkyl halides is 3. The SMILES string of the molecule is COc1c(Cl)cc(NC(=O)N2C[C@@](C)(C(F)(F)F)c3c2cnc2cc(Cl)nn32)nc1OC1CCN(C(=O)O)C1. The second-order valence-electron chi connectivity index (χ2n) is 9.16. The van der Waals surface area contributed by atoms with Gasteiger partial charge in [-0.3, -0.25) is 10.2 Å². The van der Waals surface area contributed by atoms with Gasteiger partial charge in [0.25, 0.3) is 5.88 Å². The largest absolute Gasteiger partial charge is 0.490 e. The zero-order valence-corrected chi connectivity index (χ0v) is 21.8. The highest BCUT2D eigenvalue weighted by Gasteiger charge is 2.60. The number of amides is 3. The molecule has 2 aliphatic heterocycles. The number of rotatable bonds is 4. The predicted molar refractivity (Wildman–Crippen MR) is 132 cm³/mol. The minimum Gasteiger partial charge on any atom is -0.490 e. The molecule has 2 N–H and O–H groups in total. The van der Waals surface area contributed by atoms with E-state index in [0.717, 1.165) is 22.5 Å². The first-order valence-electron chi connectivity index (χ1n) is 11.4. The molecule has 1 fully saturated rings. The predicted octanol–water partition coefficient (Wildman–Crippen LogP) is 4.44. The fraction of sp³-hybridized carbons (Fsp3) is 0.409. The number of ether oxygens (including phenoxy) is 2. The van der Waals surface area contributed by atoms with E-state index in [1.54, 1.807) is 0 Å². The Kier molecular flexibility index (Phi) is 6.53. The smallest absolute Gasteiger partial charge is 0.407 e. The highest BCUT2D eigenvalue weighted by Crippen LogP contribution is 2.50. The Morgan fingerprint density at radius 2 is 2.03 bits per heavy atom. The molecule has 3 amide bonds. The molecule has 0 radical (unpaired) electrons. The van der Waals surface area contributed by atoms with Gasteiger partial charge >= 0.3 is 18.3 Å². The Morgan fingerprint density at radius 3 is 2.67 bits per heavy atom. The molecule has 0 aliphatic carbocycles. The maximum absolute atomic E-state index is 14.3. The van der Waals surface area contributed by atoms with Crippen LogP contribution in [0.2, 0.25) is 10.2 Å². The Labute approximate surface area is 228 Å². The number of pyridine rings is 1. The van der Waals surface area contributed by atoms with Crippen LogP contribution < -0.4 is 19.7 Å². The van der Waals surface area contributed by atoms with Crippen LogP contribution in [0.3, 0.4) is 0 Å². The molecule has 1 saturated heterocycles. The normalized spacial score (nSPS) is 20.8. The van der Waals surface area contributed by atoms with Crippen LogP contribution in [0.15, 0.2) is 18.3 Å². The minimum absolute atomic E-state index is 0.00222. The molecule has 3 aromatic rings.